The van der Waals surface area contributed by atoms with Crippen molar-refractivity contribution >= 4 is 11.9 Å². The molecular formula is C19H27N3O3. The fraction of sp³-hybridized carbons (Fsp3) is 0.579. The van der Waals surface area contributed by atoms with E-state index in [0.717, 1.165) is 30.5 Å². The number of carbonyl (C=O) groups is 2. The number of carbonyl (C=O) groups excluding carboxylic acids is 2. The number of aliphatic hydroxyl groups is 1. The average Bonchev–Trinajstić information content (AvgIpc) is 2.81. The van der Waals surface area contributed by atoms with Crippen LogP contribution < -0.4 is 10.6 Å². The summed E-state index contributed by atoms with van der Waals surface area (Å²) in [5.74, 6) is -0.210. The van der Waals surface area contributed by atoms with E-state index in [1.807, 2.05) is 26.0 Å². The van der Waals surface area contributed by atoms with Crippen LogP contribution in [-0.2, 0) is 4.79 Å². The van der Waals surface area contributed by atoms with Crippen LogP contribution in [0.1, 0.15) is 42.6 Å². The molecule has 2 heterocycles. The smallest absolute Gasteiger partial charge is 0.322 e. The second-order valence-electron chi connectivity index (χ2n) is 7.59. The fourth-order valence-electron chi connectivity index (χ4n) is 4.08. The van der Waals surface area contributed by atoms with Crippen molar-refractivity contribution in [1.82, 2.24) is 15.5 Å². The molecule has 3 N–H and O–H groups in total. The second kappa shape index (κ2) is 6.77. The molecule has 25 heavy (non-hydrogen) atoms. The highest BCUT2D eigenvalue weighted by atomic mass is 16.3. The molecule has 2 saturated heterocycles. The summed E-state index contributed by atoms with van der Waals surface area (Å²) in [6, 6.07) is 5.67. The molecule has 0 spiro atoms. The van der Waals surface area contributed by atoms with Gasteiger partial charge in [0, 0.05) is 19.0 Å². The Morgan fingerprint density at radius 2 is 2.12 bits per heavy atom. The lowest BCUT2D eigenvalue weighted by Crippen LogP contribution is -2.56. The molecule has 2 aliphatic rings. The third-order valence-electron chi connectivity index (χ3n) is 5.61. The lowest BCUT2D eigenvalue weighted by atomic mass is 9.80. The van der Waals surface area contributed by atoms with Crippen LogP contribution in [0.3, 0.4) is 0 Å². The summed E-state index contributed by atoms with van der Waals surface area (Å²) in [6.07, 6.45) is 1.28. The van der Waals surface area contributed by atoms with Crippen LogP contribution in [0.5, 0.6) is 0 Å². The van der Waals surface area contributed by atoms with Crippen molar-refractivity contribution in [3.05, 3.63) is 34.9 Å². The minimum Gasteiger partial charge on any atom is -0.387 e. The molecule has 2 aliphatic heterocycles. The Kier molecular flexibility index (Phi) is 4.84. The molecular weight excluding hydrogens is 318 g/mol. The maximum absolute atomic E-state index is 12.2. The average molecular weight is 345 g/mol. The Labute approximate surface area is 148 Å². The van der Waals surface area contributed by atoms with Crippen LogP contribution in [0, 0.1) is 19.8 Å². The van der Waals surface area contributed by atoms with Gasteiger partial charge < -0.3 is 15.3 Å². The molecule has 6 heteroatoms. The first-order valence-corrected chi connectivity index (χ1v) is 8.91. The predicted molar refractivity (Wildman–Crippen MR) is 95.1 cm³/mol. The molecule has 3 atom stereocenters. The number of likely N-dealkylation sites (tertiary alicyclic amines) is 1. The topological polar surface area (TPSA) is 81.7 Å². The van der Waals surface area contributed by atoms with Gasteiger partial charge in [0.25, 0.3) is 5.91 Å². The Balaban J connectivity index is 1.67. The van der Waals surface area contributed by atoms with Gasteiger partial charge in [-0.15, -0.1) is 0 Å². The van der Waals surface area contributed by atoms with Crippen molar-refractivity contribution in [2.45, 2.75) is 45.3 Å². The van der Waals surface area contributed by atoms with E-state index in [2.05, 4.69) is 21.6 Å². The highest BCUT2D eigenvalue weighted by Crippen LogP contribution is 2.31. The van der Waals surface area contributed by atoms with Gasteiger partial charge in [-0.2, -0.15) is 0 Å². The number of hydrogen-bond acceptors (Lipinski definition) is 4. The minimum absolute atomic E-state index is 0.0408. The van der Waals surface area contributed by atoms with Gasteiger partial charge >= 0.3 is 6.03 Å². The van der Waals surface area contributed by atoms with Gasteiger partial charge in [-0.05, 0) is 51.3 Å². The largest absolute Gasteiger partial charge is 0.387 e. The number of piperidine rings is 1. The molecule has 0 radical (unpaired) electrons. The zero-order valence-electron chi connectivity index (χ0n) is 15.1. The highest BCUT2D eigenvalue weighted by Gasteiger charge is 2.48. The van der Waals surface area contributed by atoms with Crippen LogP contribution in [0.15, 0.2) is 18.2 Å². The summed E-state index contributed by atoms with van der Waals surface area (Å²) < 4.78 is 0. The molecule has 3 rings (SSSR count). The Hall–Kier alpha value is -1.92. The van der Waals surface area contributed by atoms with Gasteiger partial charge in [0.15, 0.2) is 0 Å². The van der Waals surface area contributed by atoms with E-state index in [1.54, 1.807) is 6.92 Å². The molecule has 2 fully saturated rings. The molecule has 1 aromatic rings. The normalized spacial score (nSPS) is 28.6. The molecule has 6 nitrogen and oxygen atoms in total. The summed E-state index contributed by atoms with van der Waals surface area (Å²) in [4.78, 5) is 25.9. The molecule has 1 aromatic carbocycles. The van der Waals surface area contributed by atoms with Gasteiger partial charge in [-0.1, -0.05) is 23.8 Å². The summed E-state index contributed by atoms with van der Waals surface area (Å²) in [6.45, 7) is 7.97. The van der Waals surface area contributed by atoms with E-state index in [0.29, 0.717) is 13.1 Å². The summed E-state index contributed by atoms with van der Waals surface area (Å²) >= 11 is 0. The monoisotopic (exact) mass is 345 g/mol. The minimum atomic E-state index is -0.861. The molecule has 0 aliphatic carbocycles. The number of nitrogens with one attached hydrogen (secondary N) is 2. The van der Waals surface area contributed by atoms with Crippen LogP contribution in [0.25, 0.3) is 0 Å². The molecule has 0 unspecified atom stereocenters. The van der Waals surface area contributed by atoms with Gasteiger partial charge in [-0.25, -0.2) is 4.79 Å². The van der Waals surface area contributed by atoms with Crippen molar-refractivity contribution in [3.8, 4) is 0 Å². The van der Waals surface area contributed by atoms with E-state index >= 15 is 0 Å². The Morgan fingerprint density at radius 3 is 2.76 bits per heavy atom. The first-order valence-electron chi connectivity index (χ1n) is 8.91. The lowest BCUT2D eigenvalue weighted by molar-refractivity contribution is -0.126. The van der Waals surface area contributed by atoms with Crippen molar-refractivity contribution in [1.29, 1.82) is 0 Å². The van der Waals surface area contributed by atoms with Crippen molar-refractivity contribution in [2.75, 3.05) is 19.6 Å². The van der Waals surface area contributed by atoms with Crippen LogP contribution in [0.4, 0.5) is 4.79 Å². The zero-order valence-corrected chi connectivity index (χ0v) is 15.1. The lowest BCUT2D eigenvalue weighted by Gasteiger charge is -2.40. The summed E-state index contributed by atoms with van der Waals surface area (Å²) in [5, 5.41) is 15.8. The van der Waals surface area contributed by atoms with Crippen molar-refractivity contribution in [2.24, 2.45) is 5.92 Å². The van der Waals surface area contributed by atoms with Gasteiger partial charge in [0.05, 0.1) is 6.10 Å². The maximum Gasteiger partial charge on any atom is 0.322 e. The molecule has 3 amide bonds. The number of amides is 3. The molecule has 0 saturated carbocycles. The van der Waals surface area contributed by atoms with Gasteiger partial charge in [-0.3, -0.25) is 10.1 Å². The fourth-order valence-corrected chi connectivity index (χ4v) is 4.08. The molecule has 0 bridgehead atoms. The van der Waals surface area contributed by atoms with E-state index in [9.17, 15) is 14.7 Å². The maximum atomic E-state index is 12.2. The van der Waals surface area contributed by atoms with E-state index in [4.69, 9.17) is 0 Å². The number of aryl methyl sites for hydroxylation is 2. The van der Waals surface area contributed by atoms with Crippen LogP contribution in [-0.4, -0.2) is 47.1 Å². The third kappa shape index (κ3) is 3.55. The third-order valence-corrected chi connectivity index (χ3v) is 5.61. The number of nitrogens with zero attached hydrogens (tertiary/aromatic N) is 1. The SMILES string of the molecule is Cc1ccc([C@H](O)CN2CCC[C@H]([C@]3(C)NC(=O)NC3=O)C2)c(C)c1. The standard InChI is InChI=1S/C19H27N3O3/c1-12-6-7-15(13(2)9-12)16(23)11-22-8-4-5-14(10-22)19(3)17(24)20-18(25)21-19/h6-7,9,14,16,23H,4-5,8,10-11H2,1-3H3,(H2,20,21,24,25)/t14-,16+,19-/m0/s1. The van der Waals surface area contributed by atoms with Crippen LogP contribution in [0.2, 0.25) is 0 Å². The Bertz CT molecular complexity index is 690. The molecule has 0 aromatic heterocycles. The van der Waals surface area contributed by atoms with E-state index in [-0.39, 0.29) is 11.8 Å². The predicted octanol–water partition coefficient (Wildman–Crippen LogP) is 1.65. The Morgan fingerprint density at radius 1 is 1.36 bits per heavy atom. The number of aliphatic hydroxyl groups excluding tert-OH is 1. The van der Waals surface area contributed by atoms with E-state index in [1.165, 1.54) is 5.56 Å². The number of hydrogen-bond donors (Lipinski definition) is 3. The number of benzene rings is 1. The van der Waals surface area contributed by atoms with Crippen molar-refractivity contribution in [3.63, 3.8) is 0 Å². The number of imide groups is 1. The van der Waals surface area contributed by atoms with Crippen molar-refractivity contribution < 1.29 is 14.7 Å². The first-order chi connectivity index (χ1) is 11.8. The highest BCUT2D eigenvalue weighted by molar-refractivity contribution is 6.06. The summed E-state index contributed by atoms with van der Waals surface area (Å²) in [7, 11) is 0. The summed E-state index contributed by atoms with van der Waals surface area (Å²) in [5.41, 5.74) is 2.37. The molecule has 136 valence electrons. The quantitative estimate of drug-likeness (QED) is 0.725. The first kappa shape index (κ1) is 17.9. The number of rotatable bonds is 4. The van der Waals surface area contributed by atoms with E-state index < -0.39 is 17.7 Å². The van der Waals surface area contributed by atoms with Gasteiger partial charge in [0.2, 0.25) is 0 Å². The second-order valence-corrected chi connectivity index (χ2v) is 7.59. The number of urea groups is 1. The van der Waals surface area contributed by atoms with Crippen LogP contribution >= 0.6 is 0 Å². The van der Waals surface area contributed by atoms with Gasteiger partial charge in [0.1, 0.15) is 5.54 Å². The zero-order chi connectivity index (χ0) is 18.2. The number of β-amino-alcohol motifs (C(OH)–C–C–N with tert-alkyl or cyclic N) is 1.